The van der Waals surface area contributed by atoms with Gasteiger partial charge in [-0.15, -0.1) is 0 Å². The molecular weight excluding hydrogens is 274 g/mol. The average Bonchev–Trinajstić information content (AvgIpc) is 3.03. The molecule has 0 aliphatic heterocycles. The van der Waals surface area contributed by atoms with E-state index in [9.17, 15) is 4.79 Å². The van der Waals surface area contributed by atoms with E-state index in [1.807, 2.05) is 56.0 Å². The Morgan fingerprint density at radius 1 is 1.18 bits per heavy atom. The molecule has 22 heavy (non-hydrogen) atoms. The number of likely N-dealkylation sites (N-methyl/N-ethyl adjacent to an activating group) is 1. The Morgan fingerprint density at radius 2 is 1.95 bits per heavy atom. The molecule has 0 N–H and O–H groups in total. The molecule has 114 valence electrons. The molecule has 4 heteroatoms. The maximum atomic E-state index is 12.5. The van der Waals surface area contributed by atoms with Crippen molar-refractivity contribution in [2.24, 2.45) is 7.05 Å². The zero-order chi connectivity index (χ0) is 15.7. The van der Waals surface area contributed by atoms with Gasteiger partial charge in [0.25, 0.3) is 0 Å². The summed E-state index contributed by atoms with van der Waals surface area (Å²) in [6.45, 7) is 3.05. The first-order valence-corrected chi connectivity index (χ1v) is 7.45. The minimum atomic E-state index is 0.116. The van der Waals surface area contributed by atoms with Crippen molar-refractivity contribution in [2.45, 2.75) is 20.0 Å². The summed E-state index contributed by atoms with van der Waals surface area (Å²) in [7, 11) is 3.85. The van der Waals surface area contributed by atoms with Crippen molar-refractivity contribution in [1.29, 1.82) is 0 Å². The fraction of sp³-hybridized carbons (Fsp3) is 0.278. The molecule has 0 bridgehead atoms. The number of aryl methyl sites for hydroxylation is 2. The molecule has 3 rings (SSSR count). The topological polar surface area (TPSA) is 30.2 Å². The van der Waals surface area contributed by atoms with Gasteiger partial charge in [-0.2, -0.15) is 0 Å². The number of carbonyl (C=O) groups is 1. The molecule has 0 fully saturated rings. The Morgan fingerprint density at radius 3 is 2.68 bits per heavy atom. The number of rotatable bonds is 4. The minimum absolute atomic E-state index is 0.116. The lowest BCUT2D eigenvalue weighted by Gasteiger charge is -2.19. The Balaban J connectivity index is 1.78. The molecule has 0 aliphatic rings. The van der Waals surface area contributed by atoms with E-state index in [0.717, 1.165) is 16.9 Å². The van der Waals surface area contributed by atoms with Crippen molar-refractivity contribution < 1.29 is 4.79 Å². The van der Waals surface area contributed by atoms with Gasteiger partial charge in [-0.25, -0.2) is 0 Å². The van der Waals surface area contributed by atoms with Gasteiger partial charge in [-0.1, -0.05) is 18.2 Å². The normalized spacial score (nSPS) is 11.0. The molecule has 0 saturated carbocycles. The van der Waals surface area contributed by atoms with E-state index in [4.69, 9.17) is 0 Å². The number of nitrogens with zero attached hydrogens (tertiary/aromatic N) is 3. The predicted molar refractivity (Wildman–Crippen MR) is 88.6 cm³/mol. The van der Waals surface area contributed by atoms with Gasteiger partial charge in [0.2, 0.25) is 5.91 Å². The van der Waals surface area contributed by atoms with Crippen LogP contribution < -0.4 is 0 Å². The minimum Gasteiger partial charge on any atom is -0.353 e. The first-order chi connectivity index (χ1) is 10.6. The highest BCUT2D eigenvalue weighted by Crippen LogP contribution is 2.19. The Kier molecular flexibility index (Phi) is 3.75. The predicted octanol–water partition coefficient (Wildman–Crippen LogP) is 2.95. The van der Waals surface area contributed by atoms with E-state index in [2.05, 4.69) is 22.8 Å². The van der Waals surface area contributed by atoms with Crippen LogP contribution in [0.5, 0.6) is 0 Å². The fourth-order valence-electron chi connectivity index (χ4n) is 2.81. The summed E-state index contributed by atoms with van der Waals surface area (Å²) in [5.41, 5.74) is 3.35. The van der Waals surface area contributed by atoms with E-state index in [-0.39, 0.29) is 5.91 Å². The van der Waals surface area contributed by atoms with Crippen molar-refractivity contribution in [1.82, 2.24) is 14.0 Å². The first-order valence-electron chi connectivity index (χ1n) is 7.45. The monoisotopic (exact) mass is 295 g/mol. The molecular formula is C18H21N3O. The summed E-state index contributed by atoms with van der Waals surface area (Å²) in [6, 6.07) is 14.3. The van der Waals surface area contributed by atoms with Crippen LogP contribution in [-0.4, -0.2) is 27.0 Å². The van der Waals surface area contributed by atoms with Crippen molar-refractivity contribution in [2.75, 3.05) is 7.05 Å². The molecule has 0 radical (unpaired) electrons. The third-order valence-corrected chi connectivity index (χ3v) is 4.19. The lowest BCUT2D eigenvalue weighted by atomic mass is 10.2. The molecule has 4 nitrogen and oxygen atoms in total. The molecule has 0 aliphatic carbocycles. The quantitative estimate of drug-likeness (QED) is 0.728. The molecule has 1 amide bonds. The van der Waals surface area contributed by atoms with Crippen LogP contribution in [0.25, 0.3) is 10.9 Å². The van der Waals surface area contributed by atoms with Crippen LogP contribution in [0.1, 0.15) is 11.4 Å². The van der Waals surface area contributed by atoms with Crippen LogP contribution in [0.15, 0.2) is 48.7 Å². The number of hydrogen-bond acceptors (Lipinski definition) is 1. The number of carbonyl (C=O) groups excluding carboxylic acids is 1. The number of hydrogen-bond donors (Lipinski definition) is 0. The highest BCUT2D eigenvalue weighted by atomic mass is 16.2. The maximum Gasteiger partial charge on any atom is 0.242 e. The average molecular weight is 295 g/mol. The van der Waals surface area contributed by atoms with Gasteiger partial charge in [0.05, 0.1) is 6.54 Å². The van der Waals surface area contributed by atoms with E-state index in [0.29, 0.717) is 13.1 Å². The van der Waals surface area contributed by atoms with Crippen LogP contribution in [0, 0.1) is 6.92 Å². The number of benzene rings is 1. The summed E-state index contributed by atoms with van der Waals surface area (Å²) in [6.07, 6.45) is 2.00. The van der Waals surface area contributed by atoms with Gasteiger partial charge in [-0.05, 0) is 36.6 Å². The van der Waals surface area contributed by atoms with Gasteiger partial charge >= 0.3 is 0 Å². The second kappa shape index (κ2) is 5.72. The largest absolute Gasteiger partial charge is 0.353 e. The summed E-state index contributed by atoms with van der Waals surface area (Å²) in [5.74, 6) is 0.116. The van der Waals surface area contributed by atoms with Gasteiger partial charge in [0, 0.05) is 37.2 Å². The lowest BCUT2D eigenvalue weighted by molar-refractivity contribution is -0.131. The van der Waals surface area contributed by atoms with Crippen LogP contribution in [-0.2, 0) is 24.9 Å². The molecule has 0 saturated heterocycles. The SMILES string of the molecule is Cc1cc2ccccc2n1CC(=O)N(C)Cc1cccn1C. The zero-order valence-corrected chi connectivity index (χ0v) is 13.3. The first kappa shape index (κ1) is 14.4. The smallest absolute Gasteiger partial charge is 0.242 e. The molecule has 0 atom stereocenters. The van der Waals surface area contributed by atoms with Crippen LogP contribution in [0.2, 0.25) is 0 Å². The zero-order valence-electron chi connectivity index (χ0n) is 13.3. The summed E-state index contributed by atoms with van der Waals surface area (Å²) in [4.78, 5) is 14.3. The van der Waals surface area contributed by atoms with Crippen molar-refractivity contribution in [3.05, 3.63) is 60.0 Å². The third kappa shape index (κ3) is 2.64. The molecule has 0 unspecified atom stereocenters. The van der Waals surface area contributed by atoms with Gasteiger partial charge in [0.15, 0.2) is 0 Å². The summed E-state index contributed by atoms with van der Waals surface area (Å²) in [5, 5.41) is 1.18. The van der Waals surface area contributed by atoms with Crippen LogP contribution in [0.3, 0.4) is 0 Å². The number of aromatic nitrogens is 2. The number of fused-ring (bicyclic) bond motifs is 1. The van der Waals surface area contributed by atoms with Crippen LogP contribution >= 0.6 is 0 Å². The Labute approximate surface area is 130 Å². The van der Waals surface area contributed by atoms with Crippen molar-refractivity contribution in [3.63, 3.8) is 0 Å². The van der Waals surface area contributed by atoms with Crippen molar-refractivity contribution >= 4 is 16.8 Å². The molecule has 1 aromatic carbocycles. The molecule has 3 aromatic rings. The van der Waals surface area contributed by atoms with E-state index >= 15 is 0 Å². The summed E-state index contributed by atoms with van der Waals surface area (Å²) < 4.78 is 4.12. The van der Waals surface area contributed by atoms with E-state index < -0.39 is 0 Å². The highest BCUT2D eigenvalue weighted by Gasteiger charge is 2.14. The fourth-order valence-corrected chi connectivity index (χ4v) is 2.81. The number of para-hydroxylation sites is 1. The Bertz CT molecular complexity index is 813. The number of amides is 1. The molecule has 2 aromatic heterocycles. The second-order valence-electron chi connectivity index (χ2n) is 5.79. The van der Waals surface area contributed by atoms with Crippen molar-refractivity contribution in [3.8, 4) is 0 Å². The van der Waals surface area contributed by atoms with Gasteiger partial charge < -0.3 is 14.0 Å². The third-order valence-electron chi connectivity index (χ3n) is 4.19. The lowest BCUT2D eigenvalue weighted by Crippen LogP contribution is -2.30. The Hall–Kier alpha value is -2.49. The van der Waals surface area contributed by atoms with E-state index in [1.54, 1.807) is 4.90 Å². The highest BCUT2D eigenvalue weighted by molar-refractivity contribution is 5.84. The standard InChI is InChI=1S/C18H21N3O/c1-14-11-15-7-4-5-9-17(15)21(14)13-18(22)20(3)12-16-8-6-10-19(16)2/h4-11H,12-13H2,1-3H3. The molecule has 0 spiro atoms. The maximum absolute atomic E-state index is 12.5. The summed E-state index contributed by atoms with van der Waals surface area (Å²) >= 11 is 0. The second-order valence-corrected chi connectivity index (χ2v) is 5.79. The van der Waals surface area contributed by atoms with Crippen LogP contribution in [0.4, 0.5) is 0 Å². The van der Waals surface area contributed by atoms with Gasteiger partial charge in [-0.3, -0.25) is 4.79 Å². The van der Waals surface area contributed by atoms with Gasteiger partial charge in [0.1, 0.15) is 6.54 Å². The van der Waals surface area contributed by atoms with E-state index in [1.165, 1.54) is 5.39 Å². The molecule has 2 heterocycles.